The van der Waals surface area contributed by atoms with Gasteiger partial charge in [0.2, 0.25) is 0 Å². The third-order valence-electron chi connectivity index (χ3n) is 2.57. The molecule has 0 amide bonds. The molecule has 0 spiro atoms. The van der Waals surface area contributed by atoms with E-state index in [2.05, 4.69) is 13.0 Å². The van der Waals surface area contributed by atoms with Crippen molar-refractivity contribution in [1.82, 2.24) is 0 Å². The van der Waals surface area contributed by atoms with E-state index in [0.29, 0.717) is 6.61 Å². The summed E-state index contributed by atoms with van der Waals surface area (Å²) < 4.78 is 5.47. The number of hydrogen-bond acceptors (Lipinski definition) is 2. The smallest absolute Gasteiger partial charge is 0.123 e. The van der Waals surface area contributed by atoms with E-state index >= 15 is 0 Å². The van der Waals surface area contributed by atoms with E-state index in [9.17, 15) is 5.11 Å². The Balaban J connectivity index is 2.40. The highest BCUT2D eigenvalue weighted by Gasteiger charge is 2.27. The Morgan fingerprint density at radius 3 is 3.00 bits per heavy atom. The van der Waals surface area contributed by atoms with Crippen LogP contribution in [0.1, 0.15) is 24.0 Å². The molecule has 70 valence electrons. The van der Waals surface area contributed by atoms with Gasteiger partial charge in [-0.05, 0) is 19.9 Å². The van der Waals surface area contributed by atoms with E-state index in [1.54, 1.807) is 0 Å². The molecule has 2 nitrogen and oxygen atoms in total. The summed E-state index contributed by atoms with van der Waals surface area (Å²) in [6.45, 7) is 4.47. The lowest BCUT2D eigenvalue weighted by Crippen LogP contribution is -2.15. The average Bonchev–Trinajstić information content (AvgIpc) is 2.46. The number of aryl methyl sites for hydroxylation is 1. The third kappa shape index (κ3) is 1.42. The summed E-state index contributed by atoms with van der Waals surface area (Å²) in [6.07, 6.45) is -0.331. The molecule has 0 bridgehead atoms. The van der Waals surface area contributed by atoms with Gasteiger partial charge in [-0.15, -0.1) is 0 Å². The van der Waals surface area contributed by atoms with E-state index in [1.807, 2.05) is 19.1 Å². The zero-order valence-electron chi connectivity index (χ0n) is 7.95. The Kier molecular flexibility index (Phi) is 2.00. The maximum atomic E-state index is 9.51. The first kappa shape index (κ1) is 8.57. The predicted molar refractivity (Wildman–Crippen MR) is 51.1 cm³/mol. The predicted octanol–water partition coefficient (Wildman–Crippen LogP) is 1.85. The standard InChI is InChI=1S/C11H14O2/c1-7-3-4-11-9(5-7)10(6-13-11)8(2)12/h3-5,8,10,12H,6H2,1-2H3. The second kappa shape index (κ2) is 3.04. The number of fused-ring (bicyclic) bond motifs is 1. The van der Waals surface area contributed by atoms with Crippen molar-refractivity contribution in [2.75, 3.05) is 6.61 Å². The zero-order valence-corrected chi connectivity index (χ0v) is 7.95. The minimum absolute atomic E-state index is 0.148. The van der Waals surface area contributed by atoms with E-state index in [4.69, 9.17) is 4.74 Å². The summed E-state index contributed by atoms with van der Waals surface area (Å²) in [5.74, 6) is 1.08. The summed E-state index contributed by atoms with van der Waals surface area (Å²) in [5, 5.41) is 9.51. The fraction of sp³-hybridized carbons (Fsp3) is 0.455. The van der Waals surface area contributed by atoms with Gasteiger partial charge in [0.05, 0.1) is 12.7 Å². The number of benzene rings is 1. The number of ether oxygens (including phenoxy) is 1. The zero-order chi connectivity index (χ0) is 9.42. The van der Waals surface area contributed by atoms with Crippen molar-refractivity contribution in [2.24, 2.45) is 0 Å². The van der Waals surface area contributed by atoms with Gasteiger partial charge in [0, 0.05) is 11.5 Å². The first-order valence-corrected chi connectivity index (χ1v) is 4.60. The maximum absolute atomic E-state index is 9.51. The Morgan fingerprint density at radius 2 is 2.31 bits per heavy atom. The molecule has 2 unspecified atom stereocenters. The van der Waals surface area contributed by atoms with Crippen LogP contribution < -0.4 is 4.74 Å². The van der Waals surface area contributed by atoms with Gasteiger partial charge >= 0.3 is 0 Å². The van der Waals surface area contributed by atoms with Crippen LogP contribution in [0.15, 0.2) is 18.2 Å². The highest BCUT2D eigenvalue weighted by atomic mass is 16.5. The van der Waals surface area contributed by atoms with Gasteiger partial charge in [-0.25, -0.2) is 0 Å². The molecule has 13 heavy (non-hydrogen) atoms. The van der Waals surface area contributed by atoms with E-state index in [0.717, 1.165) is 11.3 Å². The number of aliphatic hydroxyl groups is 1. The van der Waals surface area contributed by atoms with Crippen molar-refractivity contribution >= 4 is 0 Å². The molecule has 0 radical (unpaired) electrons. The molecule has 1 aliphatic heterocycles. The highest BCUT2D eigenvalue weighted by Crippen LogP contribution is 2.36. The quantitative estimate of drug-likeness (QED) is 0.711. The number of rotatable bonds is 1. The van der Waals surface area contributed by atoms with Gasteiger partial charge < -0.3 is 9.84 Å². The van der Waals surface area contributed by atoms with Crippen molar-refractivity contribution in [3.8, 4) is 5.75 Å². The molecule has 0 fully saturated rings. The molecule has 1 heterocycles. The largest absolute Gasteiger partial charge is 0.493 e. The van der Waals surface area contributed by atoms with Crippen LogP contribution in [-0.2, 0) is 0 Å². The maximum Gasteiger partial charge on any atom is 0.123 e. The number of aliphatic hydroxyl groups excluding tert-OH is 1. The number of hydrogen-bond donors (Lipinski definition) is 1. The van der Waals surface area contributed by atoms with Crippen LogP contribution in [0.4, 0.5) is 0 Å². The van der Waals surface area contributed by atoms with Gasteiger partial charge in [-0.1, -0.05) is 17.7 Å². The Bertz CT molecular complexity index is 318. The summed E-state index contributed by atoms with van der Waals surface area (Å²) in [5.41, 5.74) is 2.37. The molecule has 1 aromatic rings. The molecule has 2 atom stereocenters. The van der Waals surface area contributed by atoms with Crippen molar-refractivity contribution in [1.29, 1.82) is 0 Å². The lowest BCUT2D eigenvalue weighted by atomic mass is 9.95. The van der Waals surface area contributed by atoms with Crippen LogP contribution in [0.3, 0.4) is 0 Å². The van der Waals surface area contributed by atoms with E-state index < -0.39 is 0 Å². The fourth-order valence-corrected chi connectivity index (χ4v) is 1.76. The fourth-order valence-electron chi connectivity index (χ4n) is 1.76. The molecular weight excluding hydrogens is 164 g/mol. The van der Waals surface area contributed by atoms with Gasteiger partial charge in [0.25, 0.3) is 0 Å². The Morgan fingerprint density at radius 1 is 1.54 bits per heavy atom. The van der Waals surface area contributed by atoms with Crippen molar-refractivity contribution in [2.45, 2.75) is 25.9 Å². The van der Waals surface area contributed by atoms with Crippen LogP contribution in [-0.4, -0.2) is 17.8 Å². The molecule has 0 aromatic heterocycles. The van der Waals surface area contributed by atoms with E-state index in [1.165, 1.54) is 5.56 Å². The second-order valence-electron chi connectivity index (χ2n) is 3.70. The minimum Gasteiger partial charge on any atom is -0.493 e. The SMILES string of the molecule is Cc1ccc2c(c1)C(C(C)O)CO2. The van der Waals surface area contributed by atoms with E-state index in [-0.39, 0.29) is 12.0 Å². The molecule has 2 rings (SSSR count). The molecular formula is C11H14O2. The summed E-state index contributed by atoms with van der Waals surface area (Å²) in [4.78, 5) is 0. The van der Waals surface area contributed by atoms with Crippen molar-refractivity contribution < 1.29 is 9.84 Å². The third-order valence-corrected chi connectivity index (χ3v) is 2.57. The molecule has 0 saturated heterocycles. The summed E-state index contributed by atoms with van der Waals surface area (Å²) in [6, 6.07) is 6.11. The topological polar surface area (TPSA) is 29.5 Å². The Labute approximate surface area is 78.2 Å². The summed E-state index contributed by atoms with van der Waals surface area (Å²) in [7, 11) is 0. The van der Waals surface area contributed by atoms with Gasteiger partial charge in [-0.2, -0.15) is 0 Å². The van der Waals surface area contributed by atoms with Crippen LogP contribution >= 0.6 is 0 Å². The molecule has 1 aromatic carbocycles. The Hall–Kier alpha value is -1.02. The minimum atomic E-state index is -0.331. The van der Waals surface area contributed by atoms with Crippen LogP contribution in [0, 0.1) is 6.92 Å². The molecule has 0 aliphatic carbocycles. The first-order valence-electron chi connectivity index (χ1n) is 4.60. The van der Waals surface area contributed by atoms with Crippen LogP contribution in [0.25, 0.3) is 0 Å². The van der Waals surface area contributed by atoms with Crippen molar-refractivity contribution in [3.05, 3.63) is 29.3 Å². The molecule has 1 N–H and O–H groups in total. The van der Waals surface area contributed by atoms with Gasteiger partial charge in [0.15, 0.2) is 0 Å². The van der Waals surface area contributed by atoms with Crippen molar-refractivity contribution in [3.63, 3.8) is 0 Å². The summed E-state index contributed by atoms with van der Waals surface area (Å²) >= 11 is 0. The van der Waals surface area contributed by atoms with Gasteiger partial charge in [0.1, 0.15) is 5.75 Å². The second-order valence-corrected chi connectivity index (χ2v) is 3.70. The molecule has 2 heteroatoms. The molecule has 0 saturated carbocycles. The monoisotopic (exact) mass is 178 g/mol. The lowest BCUT2D eigenvalue weighted by Gasteiger charge is -2.11. The van der Waals surface area contributed by atoms with Gasteiger partial charge in [-0.3, -0.25) is 0 Å². The molecule has 1 aliphatic rings. The van der Waals surface area contributed by atoms with Crippen LogP contribution in [0.5, 0.6) is 5.75 Å². The normalized spacial score (nSPS) is 22.2. The first-order chi connectivity index (χ1) is 6.18. The van der Waals surface area contributed by atoms with Crippen LogP contribution in [0.2, 0.25) is 0 Å². The lowest BCUT2D eigenvalue weighted by molar-refractivity contribution is 0.146. The highest BCUT2D eigenvalue weighted by molar-refractivity contribution is 5.42. The average molecular weight is 178 g/mol.